The Morgan fingerprint density at radius 3 is 2.42 bits per heavy atom. The number of allylic oxidation sites excluding steroid dienone is 1. The summed E-state index contributed by atoms with van der Waals surface area (Å²) < 4.78 is 0. The van der Waals surface area contributed by atoms with Crippen LogP contribution in [0.15, 0.2) is 40.5 Å². The summed E-state index contributed by atoms with van der Waals surface area (Å²) in [6.45, 7) is 6.24. The van der Waals surface area contributed by atoms with Gasteiger partial charge in [0.15, 0.2) is 0 Å². The van der Waals surface area contributed by atoms with E-state index in [1.807, 2.05) is 26.0 Å². The molecule has 130 valence electrons. The maximum absolute atomic E-state index is 12.3. The van der Waals surface area contributed by atoms with E-state index in [2.05, 4.69) is 27.8 Å². The van der Waals surface area contributed by atoms with Crippen LogP contribution in [0.3, 0.4) is 0 Å². The molecule has 1 aliphatic rings. The maximum atomic E-state index is 12.3. The number of aliphatic imine (C=N–C) groups is 1. The van der Waals surface area contributed by atoms with Gasteiger partial charge < -0.3 is 16.4 Å². The highest BCUT2D eigenvalue weighted by Gasteiger charge is 2.15. The number of benzene rings is 1. The molecule has 0 spiro atoms. The van der Waals surface area contributed by atoms with Crippen molar-refractivity contribution in [2.75, 3.05) is 26.7 Å². The lowest BCUT2D eigenvalue weighted by atomic mass is 9.90. The molecule has 1 aromatic carbocycles. The molecule has 1 aliphatic heterocycles. The molecule has 2 rings (SSSR count). The molecule has 4 N–H and O–H groups in total. The zero-order valence-electron chi connectivity index (χ0n) is 14.9. The van der Waals surface area contributed by atoms with Crippen LogP contribution in [0, 0.1) is 0 Å². The Balaban J connectivity index is 1.98. The highest BCUT2D eigenvalue weighted by Crippen LogP contribution is 2.25. The summed E-state index contributed by atoms with van der Waals surface area (Å²) in [6.07, 6.45) is 2.32. The average Bonchev–Trinajstić information content (AvgIpc) is 2.62. The lowest BCUT2D eigenvalue weighted by Crippen LogP contribution is -2.29. The number of nitrogens with zero attached hydrogens (tertiary/aromatic N) is 1. The summed E-state index contributed by atoms with van der Waals surface area (Å²) in [4.78, 5) is 16.5. The van der Waals surface area contributed by atoms with Gasteiger partial charge in [-0.1, -0.05) is 12.1 Å². The van der Waals surface area contributed by atoms with Crippen molar-refractivity contribution in [1.82, 2.24) is 10.6 Å². The zero-order chi connectivity index (χ0) is 17.5. The second-order valence-electron chi connectivity index (χ2n) is 6.30. The summed E-state index contributed by atoms with van der Waals surface area (Å²) in [6, 6.07) is 7.97. The molecule has 1 fully saturated rings. The Hall–Kier alpha value is -2.14. The van der Waals surface area contributed by atoms with Crippen molar-refractivity contribution in [3.05, 3.63) is 46.7 Å². The highest BCUT2D eigenvalue weighted by molar-refractivity contribution is 6.00. The lowest BCUT2D eigenvalue weighted by Gasteiger charge is -2.23. The molecule has 5 heteroatoms. The Morgan fingerprint density at radius 1 is 1.25 bits per heavy atom. The molecular weight excluding hydrogens is 300 g/mol. The van der Waals surface area contributed by atoms with E-state index < -0.39 is 0 Å². The molecule has 0 aliphatic carbocycles. The SMILES string of the molecule is CN=C(C)C(CNC(=O)c1ccc(C2CCNCC2)cc1)=C(C)N. The molecular formula is C19H28N4O. The third kappa shape index (κ3) is 4.68. The summed E-state index contributed by atoms with van der Waals surface area (Å²) in [5, 5.41) is 6.30. The van der Waals surface area contributed by atoms with E-state index in [9.17, 15) is 4.79 Å². The molecule has 1 amide bonds. The fourth-order valence-corrected chi connectivity index (χ4v) is 3.02. The zero-order valence-corrected chi connectivity index (χ0v) is 14.9. The topological polar surface area (TPSA) is 79.5 Å². The highest BCUT2D eigenvalue weighted by atomic mass is 16.1. The van der Waals surface area contributed by atoms with E-state index in [0.29, 0.717) is 23.7 Å². The number of nitrogens with two attached hydrogens (primary N) is 1. The van der Waals surface area contributed by atoms with Crippen LogP contribution in [0.5, 0.6) is 0 Å². The number of hydrogen-bond acceptors (Lipinski definition) is 4. The van der Waals surface area contributed by atoms with Gasteiger partial charge in [0.1, 0.15) is 0 Å². The largest absolute Gasteiger partial charge is 0.402 e. The van der Waals surface area contributed by atoms with Crippen molar-refractivity contribution >= 4 is 11.6 Å². The summed E-state index contributed by atoms with van der Waals surface area (Å²) in [5.74, 6) is 0.510. The Kier molecular flexibility index (Phi) is 6.55. The van der Waals surface area contributed by atoms with Gasteiger partial charge in [-0.05, 0) is 63.4 Å². The number of piperidine rings is 1. The van der Waals surface area contributed by atoms with E-state index in [4.69, 9.17) is 5.73 Å². The van der Waals surface area contributed by atoms with E-state index in [0.717, 1.165) is 37.2 Å². The van der Waals surface area contributed by atoms with Crippen LogP contribution in [0.4, 0.5) is 0 Å². The standard InChI is InChI=1S/C19H28N4O/c1-13(20)18(14(2)21-3)12-23-19(24)17-6-4-15(5-7-17)16-8-10-22-11-9-16/h4-7,16,22H,8-12,20H2,1-3H3,(H,23,24). The quantitative estimate of drug-likeness (QED) is 0.725. The van der Waals surface area contributed by atoms with Gasteiger partial charge in [-0.2, -0.15) is 0 Å². The summed E-state index contributed by atoms with van der Waals surface area (Å²) in [5.41, 5.74) is 10.3. The first kappa shape index (κ1) is 18.2. The number of hydrogen-bond donors (Lipinski definition) is 3. The average molecular weight is 328 g/mol. The fraction of sp³-hybridized carbons (Fsp3) is 0.474. The third-order valence-corrected chi connectivity index (χ3v) is 4.66. The number of carbonyl (C=O) groups excluding carboxylic acids is 1. The van der Waals surface area contributed by atoms with Crippen LogP contribution < -0.4 is 16.4 Å². The molecule has 0 saturated carbocycles. The lowest BCUT2D eigenvalue weighted by molar-refractivity contribution is 0.0957. The van der Waals surface area contributed by atoms with Crippen LogP contribution in [0.25, 0.3) is 0 Å². The van der Waals surface area contributed by atoms with Gasteiger partial charge in [0, 0.05) is 36.1 Å². The van der Waals surface area contributed by atoms with Crippen LogP contribution in [0.2, 0.25) is 0 Å². The number of nitrogens with one attached hydrogen (secondary N) is 2. The predicted octanol–water partition coefficient (Wildman–Crippen LogP) is 2.21. The first-order valence-corrected chi connectivity index (χ1v) is 8.50. The smallest absolute Gasteiger partial charge is 0.251 e. The van der Waals surface area contributed by atoms with E-state index in [1.165, 1.54) is 5.56 Å². The first-order valence-electron chi connectivity index (χ1n) is 8.50. The molecule has 1 saturated heterocycles. The Morgan fingerprint density at radius 2 is 1.88 bits per heavy atom. The Labute approximate surface area is 144 Å². The van der Waals surface area contributed by atoms with E-state index in [1.54, 1.807) is 7.05 Å². The van der Waals surface area contributed by atoms with Crippen LogP contribution >= 0.6 is 0 Å². The maximum Gasteiger partial charge on any atom is 0.251 e. The fourth-order valence-electron chi connectivity index (χ4n) is 3.02. The second kappa shape index (κ2) is 8.64. The van der Waals surface area contributed by atoms with Gasteiger partial charge in [0.05, 0.1) is 0 Å². The minimum absolute atomic E-state index is 0.0884. The monoisotopic (exact) mass is 328 g/mol. The minimum atomic E-state index is -0.0884. The van der Waals surface area contributed by atoms with E-state index in [-0.39, 0.29) is 5.91 Å². The van der Waals surface area contributed by atoms with Crippen molar-refractivity contribution in [1.29, 1.82) is 0 Å². The first-order chi connectivity index (χ1) is 11.5. The van der Waals surface area contributed by atoms with Gasteiger partial charge in [0.25, 0.3) is 5.91 Å². The van der Waals surface area contributed by atoms with Gasteiger partial charge in [-0.25, -0.2) is 0 Å². The van der Waals surface area contributed by atoms with Crippen molar-refractivity contribution in [2.45, 2.75) is 32.6 Å². The number of amides is 1. The second-order valence-corrected chi connectivity index (χ2v) is 6.30. The molecule has 0 bridgehead atoms. The van der Waals surface area contributed by atoms with Gasteiger partial charge >= 0.3 is 0 Å². The van der Waals surface area contributed by atoms with Gasteiger partial charge in [0.2, 0.25) is 0 Å². The van der Waals surface area contributed by atoms with Crippen LogP contribution in [-0.2, 0) is 0 Å². The van der Waals surface area contributed by atoms with Crippen LogP contribution in [0.1, 0.15) is 48.5 Å². The van der Waals surface area contributed by atoms with Crippen molar-refractivity contribution < 1.29 is 4.79 Å². The van der Waals surface area contributed by atoms with Crippen molar-refractivity contribution in [3.8, 4) is 0 Å². The summed E-state index contributed by atoms with van der Waals surface area (Å²) in [7, 11) is 1.72. The van der Waals surface area contributed by atoms with Gasteiger partial charge in [-0.3, -0.25) is 9.79 Å². The third-order valence-electron chi connectivity index (χ3n) is 4.66. The predicted molar refractivity (Wildman–Crippen MR) is 99.5 cm³/mol. The van der Waals surface area contributed by atoms with Crippen molar-refractivity contribution in [2.24, 2.45) is 10.7 Å². The molecule has 1 heterocycles. The molecule has 0 aromatic heterocycles. The molecule has 5 nitrogen and oxygen atoms in total. The Bertz CT molecular complexity index is 621. The minimum Gasteiger partial charge on any atom is -0.402 e. The molecule has 0 unspecified atom stereocenters. The molecule has 0 radical (unpaired) electrons. The van der Waals surface area contributed by atoms with E-state index >= 15 is 0 Å². The van der Waals surface area contributed by atoms with Crippen molar-refractivity contribution in [3.63, 3.8) is 0 Å². The summed E-state index contributed by atoms with van der Waals surface area (Å²) >= 11 is 0. The number of rotatable bonds is 5. The molecule has 24 heavy (non-hydrogen) atoms. The van der Waals surface area contributed by atoms with Crippen LogP contribution in [-0.4, -0.2) is 38.3 Å². The normalized spacial score (nSPS) is 17.4. The van der Waals surface area contributed by atoms with Gasteiger partial charge in [-0.15, -0.1) is 0 Å². The molecule has 0 atom stereocenters. The number of carbonyl (C=O) groups is 1. The molecule has 1 aromatic rings.